The molecule has 4 aliphatic heterocycles. The number of ether oxygens (including phenoxy) is 11. The van der Waals surface area contributed by atoms with Crippen molar-refractivity contribution in [3.05, 3.63) is 11.4 Å². The van der Waals surface area contributed by atoms with Gasteiger partial charge in [0.1, 0.15) is 49.3 Å². The van der Waals surface area contributed by atoms with Crippen molar-refractivity contribution in [3.8, 4) is 0 Å². The van der Waals surface area contributed by atoms with E-state index in [1.54, 1.807) is 7.11 Å². The lowest BCUT2D eigenvalue weighted by Gasteiger charge is -2.33. The molecular weight excluding hydrogens is 1240 g/mol. The maximum absolute atomic E-state index is 12.3. The zero-order valence-corrected chi connectivity index (χ0v) is 52.8. The van der Waals surface area contributed by atoms with Gasteiger partial charge in [0.15, 0.2) is 0 Å². The number of esters is 3. The zero-order chi connectivity index (χ0) is 61.1. The number of amides is 3. The first-order chi connectivity index (χ1) is 38.0. The predicted octanol–water partition coefficient (Wildman–Crippen LogP) is 5.26. The van der Waals surface area contributed by atoms with Crippen LogP contribution in [0.2, 0.25) is 0 Å². The summed E-state index contributed by atoms with van der Waals surface area (Å²) >= 11 is 40.7. The summed E-state index contributed by atoms with van der Waals surface area (Å²) in [6.07, 6.45) is -5.46. The van der Waals surface area contributed by atoms with Crippen molar-refractivity contribution in [2.24, 2.45) is 0 Å². The smallest absolute Gasteiger partial charge is 0.330 e. The number of halogens is 6. The van der Waals surface area contributed by atoms with E-state index in [-0.39, 0.29) is 132 Å². The first-order valence-electron chi connectivity index (χ1n) is 25.8. The van der Waals surface area contributed by atoms with E-state index in [4.69, 9.17) is 154 Å². The Balaban J connectivity index is 0.000000460. The first-order valence-corrected chi connectivity index (χ1v) is 30.6. The van der Waals surface area contributed by atoms with Gasteiger partial charge in [-0.25, -0.2) is 6.57 Å². The third-order valence-corrected chi connectivity index (χ3v) is 15.3. The Morgan fingerprint density at radius 3 is 1.27 bits per heavy atom. The number of aliphatic hydroxyl groups excluding tert-OH is 1. The van der Waals surface area contributed by atoms with Gasteiger partial charge in [-0.05, 0) is 39.5 Å². The van der Waals surface area contributed by atoms with Crippen LogP contribution < -0.4 is 16.0 Å². The molecule has 4 fully saturated rings. The average molecular weight is 1320 g/mol. The molecule has 4 N–H and O–H groups in total. The van der Waals surface area contributed by atoms with E-state index in [1.165, 1.54) is 28.3 Å². The van der Waals surface area contributed by atoms with Crippen LogP contribution in [0.25, 0.3) is 4.85 Å². The minimum absolute atomic E-state index is 0.00300. The Morgan fingerprint density at radius 1 is 0.593 bits per heavy atom. The van der Waals surface area contributed by atoms with E-state index in [2.05, 4.69) is 20.8 Å². The molecule has 468 valence electrons. The number of aliphatic hydroxyl groups is 1. The highest BCUT2D eigenvalue weighted by Gasteiger charge is 2.46. The molecule has 4 aliphatic rings. The monoisotopic (exact) mass is 1320 g/mol. The molecule has 81 heavy (non-hydrogen) atoms. The minimum Gasteiger partial charge on any atom is -0.459 e. The van der Waals surface area contributed by atoms with E-state index >= 15 is 0 Å². The molecule has 3 amide bonds. The Morgan fingerprint density at radius 2 is 0.938 bits per heavy atom. The van der Waals surface area contributed by atoms with Gasteiger partial charge < -0.3 is 87.1 Å². The first kappa shape index (κ1) is 75.3. The summed E-state index contributed by atoms with van der Waals surface area (Å²) in [5.74, 6) is -2.13. The number of carbonyl (C=O) groups is 6. The quantitative estimate of drug-likeness (QED) is 0.0141. The van der Waals surface area contributed by atoms with Crippen molar-refractivity contribution in [3.63, 3.8) is 0 Å². The number of methoxy groups -OCH3 is 2. The van der Waals surface area contributed by atoms with Crippen LogP contribution in [0.1, 0.15) is 91.9 Å². The summed E-state index contributed by atoms with van der Waals surface area (Å²) < 4.78 is 73.7. The van der Waals surface area contributed by atoms with Crippen LogP contribution in [-0.2, 0) is 106 Å². The van der Waals surface area contributed by atoms with Crippen LogP contribution in [0.15, 0.2) is 0 Å². The second-order valence-corrected chi connectivity index (χ2v) is 26.4. The molecule has 0 aliphatic carbocycles. The maximum Gasteiger partial charge on any atom is 0.330 e. The van der Waals surface area contributed by atoms with Crippen LogP contribution >= 0.6 is 76.3 Å². The fourth-order valence-electron chi connectivity index (χ4n) is 8.00. The number of hydrogen-bond donors (Lipinski definition) is 4. The number of rotatable bonds is 29. The Bertz CT molecular complexity index is 2050. The van der Waals surface area contributed by atoms with Crippen molar-refractivity contribution in [2.45, 2.75) is 185 Å². The molecule has 0 aromatic carbocycles. The fraction of sp³-hybridized carbons (Fsp3) is 0.854. The highest BCUT2D eigenvalue weighted by Crippen LogP contribution is 2.56. The molecule has 33 heteroatoms. The zero-order valence-electron chi connectivity index (χ0n) is 46.6. The standard InChI is InChI=1S/C23H36Cl3N2O10PS.C13H20Cl3NO6.C12H21NO5/c1-14-10-16(36-21(30)7-6-20(29)28-4)19(35-14)13-32-22(23(24,25)26)38-39(40,33-9-8-27-3)37-17-11-15(2)34-18(17)12-31-5;1-7-5-8(23-11(19)4-3-10(18)17-2)9(22-7)6-21-12(20)13(14,15)16;1-8-6-9(10(17-8)7-16-3)18-12(15)5-4-11(14)13-2/h14-19,22H,6-13H2,1-2,4-5H3,(H,28,29);7-9,12,20H,3-6H2,1-2H3,(H,17,18);8-10H,4-7H2,1-3H3,(H,13,14). The molecule has 15 unspecified atom stereocenters. The molecule has 4 saturated heterocycles. The maximum atomic E-state index is 12.3. The number of hydrogen-bond acceptors (Lipinski definition) is 22. The lowest BCUT2D eigenvalue weighted by molar-refractivity contribution is -0.161. The lowest BCUT2D eigenvalue weighted by atomic mass is 10.1. The van der Waals surface area contributed by atoms with Gasteiger partial charge in [-0.3, -0.25) is 33.3 Å². The Kier molecular flexibility index (Phi) is 35.7. The summed E-state index contributed by atoms with van der Waals surface area (Å²) in [6, 6.07) is 0. The van der Waals surface area contributed by atoms with Crippen LogP contribution in [0.5, 0.6) is 0 Å². The van der Waals surface area contributed by atoms with E-state index < -0.39 is 75.4 Å². The SMILES string of the molecule is CNC(=O)CCC(=O)OC1CC(C)OC1COC.CNC(=O)CCC(=O)OC1CC(C)OC1COC(O)C(Cl)(Cl)Cl.[C-]#[N+]CCOP(=S)(OC1CC(C)OC1COC)OC(OCC1OC(C)CC1OC(=O)CCC(=O)NC)C(Cl)(Cl)Cl. The summed E-state index contributed by atoms with van der Waals surface area (Å²) in [4.78, 5) is 72.4. The van der Waals surface area contributed by atoms with Gasteiger partial charge in [-0.2, -0.15) is 0 Å². The molecule has 0 aromatic heterocycles. The van der Waals surface area contributed by atoms with E-state index in [0.717, 1.165) is 0 Å². The van der Waals surface area contributed by atoms with Gasteiger partial charge in [0.2, 0.25) is 44.4 Å². The van der Waals surface area contributed by atoms with Crippen molar-refractivity contribution >= 4 is 124 Å². The van der Waals surface area contributed by atoms with Crippen molar-refractivity contribution < 1.29 is 99.6 Å². The highest BCUT2D eigenvalue weighted by atomic mass is 35.6. The second-order valence-electron chi connectivity index (χ2n) is 18.7. The number of nitrogens with zero attached hydrogens (tertiary/aromatic N) is 1. The van der Waals surface area contributed by atoms with E-state index in [1.807, 2.05) is 27.7 Å². The van der Waals surface area contributed by atoms with Gasteiger partial charge >= 0.3 is 24.6 Å². The molecule has 4 rings (SSSR count). The van der Waals surface area contributed by atoms with Gasteiger partial charge in [0.25, 0.3) is 0 Å². The predicted molar refractivity (Wildman–Crippen MR) is 299 cm³/mol. The lowest BCUT2D eigenvalue weighted by Crippen LogP contribution is -2.38. The number of alkyl halides is 6. The summed E-state index contributed by atoms with van der Waals surface area (Å²) in [6.45, 7) is 11.1. The Hall–Kier alpha value is -1.78. The summed E-state index contributed by atoms with van der Waals surface area (Å²) in [5, 5.41) is 16.9. The Labute approximate surface area is 508 Å². The topological polar surface area (TPSA) is 292 Å². The largest absolute Gasteiger partial charge is 0.459 e. The number of carbonyl (C=O) groups excluding carboxylic acids is 6. The summed E-state index contributed by atoms with van der Waals surface area (Å²) in [5.41, 5.74) is 0. The normalized spacial score (nSPS) is 27.6. The molecule has 0 saturated carbocycles. The minimum atomic E-state index is -3.66. The van der Waals surface area contributed by atoms with Gasteiger partial charge in [0, 0.05) is 80.3 Å². The second kappa shape index (κ2) is 38.4. The number of nitrogens with one attached hydrogen (secondary N) is 3. The van der Waals surface area contributed by atoms with Gasteiger partial charge in [-0.1, -0.05) is 69.6 Å². The van der Waals surface area contributed by atoms with Crippen molar-refractivity contribution in [1.29, 1.82) is 0 Å². The van der Waals surface area contributed by atoms with Crippen LogP contribution in [0, 0.1) is 6.57 Å². The average Bonchev–Trinajstić information content (AvgIpc) is 4.14. The molecule has 0 spiro atoms. The molecule has 4 heterocycles. The summed E-state index contributed by atoms with van der Waals surface area (Å²) in [7, 11) is 7.62. The van der Waals surface area contributed by atoms with E-state index in [0.29, 0.717) is 32.3 Å². The molecule has 15 atom stereocenters. The van der Waals surface area contributed by atoms with Crippen LogP contribution in [0.4, 0.5) is 0 Å². The molecule has 0 aromatic rings. The third kappa shape index (κ3) is 29.9. The van der Waals surface area contributed by atoms with Gasteiger partial charge in [-0.15, -0.1) is 0 Å². The van der Waals surface area contributed by atoms with Crippen molar-refractivity contribution in [1.82, 2.24) is 16.0 Å². The van der Waals surface area contributed by atoms with Crippen LogP contribution in [-0.4, -0.2) is 209 Å². The molecule has 0 radical (unpaired) electrons. The molecule has 25 nitrogen and oxygen atoms in total. The van der Waals surface area contributed by atoms with Crippen LogP contribution in [0.3, 0.4) is 0 Å². The molecular formula is C48H77Cl6N4O21PS. The fourth-order valence-corrected chi connectivity index (χ4v) is 11.0. The molecule has 0 bridgehead atoms. The third-order valence-electron chi connectivity index (χ3n) is 11.9. The van der Waals surface area contributed by atoms with Crippen molar-refractivity contribution in [2.75, 3.05) is 74.9 Å². The van der Waals surface area contributed by atoms with Gasteiger partial charge in [0.05, 0.1) is 76.2 Å². The highest BCUT2D eigenvalue weighted by molar-refractivity contribution is 8.07. The van der Waals surface area contributed by atoms with E-state index in [9.17, 15) is 33.9 Å².